The minimum Gasteiger partial charge on any atom is -0.460 e. The number of rotatable bonds is 5. The first-order chi connectivity index (χ1) is 12.1. The van der Waals surface area contributed by atoms with Gasteiger partial charge in [0.2, 0.25) is 4.80 Å². The Kier molecular flexibility index (Phi) is 5.09. The van der Waals surface area contributed by atoms with Gasteiger partial charge in [0.05, 0.1) is 12.2 Å². The van der Waals surface area contributed by atoms with E-state index in [4.69, 9.17) is 4.42 Å². The molecule has 0 aliphatic carbocycles. The molecule has 3 rings (SSSR count). The van der Waals surface area contributed by atoms with Crippen LogP contribution in [0.4, 0.5) is 4.39 Å². The molecule has 128 valence electrons. The molecule has 2 aromatic heterocycles. The molecule has 0 saturated carbocycles. The minimum absolute atomic E-state index is 0.271. The molecule has 0 aliphatic rings. The quantitative estimate of drug-likeness (QED) is 0.486. The minimum atomic E-state index is -0.271. The summed E-state index contributed by atoms with van der Waals surface area (Å²) in [7, 11) is 0. The van der Waals surface area contributed by atoms with E-state index < -0.39 is 0 Å². The number of aromatic nitrogens is 1. The average molecular weight is 355 g/mol. The molecular weight excluding hydrogens is 337 g/mol. The van der Waals surface area contributed by atoms with Gasteiger partial charge in [0, 0.05) is 10.9 Å². The Bertz CT molecular complexity index is 977. The number of benzene rings is 1. The monoisotopic (exact) mass is 355 g/mol. The van der Waals surface area contributed by atoms with Crippen LogP contribution in [0.3, 0.4) is 0 Å². The van der Waals surface area contributed by atoms with Crippen LogP contribution < -0.4 is 4.80 Å². The number of hydrogen-bond acceptors (Lipinski definition) is 4. The van der Waals surface area contributed by atoms with Crippen molar-refractivity contribution in [3.8, 4) is 11.3 Å². The van der Waals surface area contributed by atoms with Gasteiger partial charge in [-0.15, -0.1) is 17.9 Å². The highest BCUT2D eigenvalue weighted by molar-refractivity contribution is 7.07. The van der Waals surface area contributed by atoms with E-state index in [9.17, 15) is 4.39 Å². The van der Waals surface area contributed by atoms with Crippen LogP contribution in [-0.2, 0) is 0 Å². The van der Waals surface area contributed by atoms with Crippen LogP contribution in [0, 0.1) is 12.7 Å². The highest BCUT2D eigenvalue weighted by Crippen LogP contribution is 2.21. The molecule has 0 aliphatic heterocycles. The lowest BCUT2D eigenvalue weighted by atomic mass is 10.2. The molecule has 3 aromatic rings. The Morgan fingerprint density at radius 2 is 2.04 bits per heavy atom. The van der Waals surface area contributed by atoms with E-state index in [2.05, 4.69) is 16.7 Å². The first-order valence-corrected chi connectivity index (χ1v) is 8.66. The van der Waals surface area contributed by atoms with Gasteiger partial charge in [-0.1, -0.05) is 6.08 Å². The third kappa shape index (κ3) is 3.85. The van der Waals surface area contributed by atoms with Gasteiger partial charge < -0.3 is 4.42 Å². The fourth-order valence-electron chi connectivity index (χ4n) is 2.29. The van der Waals surface area contributed by atoms with Gasteiger partial charge >= 0.3 is 0 Å². The van der Waals surface area contributed by atoms with Gasteiger partial charge in [0.1, 0.15) is 23.0 Å². The smallest absolute Gasteiger partial charge is 0.206 e. The van der Waals surface area contributed by atoms with Gasteiger partial charge in [-0.2, -0.15) is 5.10 Å². The number of aryl methyl sites for hydroxylation is 1. The van der Waals surface area contributed by atoms with Crippen molar-refractivity contribution >= 4 is 17.0 Å². The normalized spacial score (nSPS) is 12.6. The molecule has 4 nitrogen and oxygen atoms in total. The van der Waals surface area contributed by atoms with Crippen LogP contribution in [0.2, 0.25) is 0 Å². The Morgan fingerprint density at radius 1 is 1.28 bits per heavy atom. The molecule has 0 N–H and O–H groups in total. The largest absolute Gasteiger partial charge is 0.460 e. The molecular formula is C19H18FN3OS. The second-order valence-electron chi connectivity index (χ2n) is 5.45. The van der Waals surface area contributed by atoms with Crippen molar-refractivity contribution in [1.29, 1.82) is 0 Å². The van der Waals surface area contributed by atoms with Crippen molar-refractivity contribution in [1.82, 2.24) is 4.68 Å². The van der Waals surface area contributed by atoms with E-state index in [-0.39, 0.29) is 5.82 Å². The first-order valence-electron chi connectivity index (χ1n) is 7.78. The summed E-state index contributed by atoms with van der Waals surface area (Å²) in [6, 6.07) is 10.1. The number of halogens is 1. The zero-order chi connectivity index (χ0) is 17.8. The summed E-state index contributed by atoms with van der Waals surface area (Å²) >= 11 is 1.47. The molecule has 25 heavy (non-hydrogen) atoms. The lowest BCUT2D eigenvalue weighted by molar-refractivity contribution is 0.524. The zero-order valence-corrected chi connectivity index (χ0v) is 14.9. The lowest BCUT2D eigenvalue weighted by Crippen LogP contribution is -2.14. The molecule has 2 heterocycles. The fraction of sp³-hybridized carbons (Fsp3) is 0.158. The topological polar surface area (TPSA) is 42.8 Å². The van der Waals surface area contributed by atoms with Crippen molar-refractivity contribution in [3.63, 3.8) is 0 Å². The van der Waals surface area contributed by atoms with E-state index in [0.29, 0.717) is 12.3 Å². The van der Waals surface area contributed by atoms with Crippen LogP contribution in [0.25, 0.3) is 11.3 Å². The van der Waals surface area contributed by atoms with Crippen LogP contribution in [0.15, 0.2) is 68.9 Å². The third-order valence-corrected chi connectivity index (χ3v) is 4.38. The molecule has 0 saturated heterocycles. The second-order valence-corrected chi connectivity index (χ2v) is 6.28. The lowest BCUT2D eigenvalue weighted by Gasteiger charge is -2.05. The molecule has 0 fully saturated rings. The molecule has 6 heteroatoms. The maximum Gasteiger partial charge on any atom is 0.206 e. The second kappa shape index (κ2) is 7.44. The predicted octanol–water partition coefficient (Wildman–Crippen LogP) is 4.62. The van der Waals surface area contributed by atoms with Gasteiger partial charge in [-0.3, -0.25) is 4.99 Å². The van der Waals surface area contributed by atoms with Crippen molar-refractivity contribution < 1.29 is 8.81 Å². The molecule has 0 bridgehead atoms. The SMILES string of the molecule is C=CCN=c1scc(-c2ccc(F)cc2)n1N=C(C)c1ccc(C)o1. The van der Waals surface area contributed by atoms with Gasteiger partial charge in [0.25, 0.3) is 0 Å². The number of thiazole rings is 1. The summed E-state index contributed by atoms with van der Waals surface area (Å²) in [4.78, 5) is 5.23. The van der Waals surface area contributed by atoms with Crippen LogP contribution in [0.1, 0.15) is 18.4 Å². The molecule has 0 radical (unpaired) electrons. The van der Waals surface area contributed by atoms with E-state index in [1.54, 1.807) is 22.9 Å². The van der Waals surface area contributed by atoms with Crippen molar-refractivity contribution in [2.75, 3.05) is 6.54 Å². The Labute approximate surface area is 149 Å². The van der Waals surface area contributed by atoms with E-state index >= 15 is 0 Å². The summed E-state index contributed by atoms with van der Waals surface area (Å²) in [6.07, 6.45) is 1.73. The van der Waals surface area contributed by atoms with E-state index in [1.165, 1.54) is 23.5 Å². The van der Waals surface area contributed by atoms with Crippen molar-refractivity contribution in [2.24, 2.45) is 10.1 Å². The Hall–Kier alpha value is -2.73. The summed E-state index contributed by atoms with van der Waals surface area (Å²) < 4.78 is 20.6. The Morgan fingerprint density at radius 3 is 2.68 bits per heavy atom. The van der Waals surface area contributed by atoms with Crippen LogP contribution in [-0.4, -0.2) is 16.9 Å². The molecule has 1 aromatic carbocycles. The maximum atomic E-state index is 13.2. The van der Waals surface area contributed by atoms with Gasteiger partial charge in [0.15, 0.2) is 0 Å². The summed E-state index contributed by atoms with van der Waals surface area (Å²) in [5, 5.41) is 6.64. The summed E-state index contributed by atoms with van der Waals surface area (Å²) in [6.45, 7) is 7.97. The highest BCUT2D eigenvalue weighted by atomic mass is 32.1. The zero-order valence-electron chi connectivity index (χ0n) is 14.1. The van der Waals surface area contributed by atoms with E-state index in [1.807, 2.05) is 31.4 Å². The standard InChI is InChI=1S/C19H18FN3OS/c1-4-11-21-19-23(22-14(3)18-10-5-13(2)24-18)17(12-25-19)15-6-8-16(20)9-7-15/h4-10,12H,1,11H2,2-3H3. The predicted molar refractivity (Wildman–Crippen MR) is 99.4 cm³/mol. The maximum absolute atomic E-state index is 13.2. The van der Waals surface area contributed by atoms with Crippen molar-refractivity contribution in [3.05, 3.63) is 76.6 Å². The third-order valence-electron chi connectivity index (χ3n) is 3.53. The highest BCUT2D eigenvalue weighted by Gasteiger charge is 2.10. The number of nitrogens with zero attached hydrogens (tertiary/aromatic N) is 3. The number of furan rings is 1. The Balaban J connectivity index is 2.13. The van der Waals surface area contributed by atoms with Crippen LogP contribution in [0.5, 0.6) is 0 Å². The number of hydrogen-bond donors (Lipinski definition) is 0. The molecule has 0 spiro atoms. The van der Waals surface area contributed by atoms with Crippen molar-refractivity contribution in [2.45, 2.75) is 13.8 Å². The van der Waals surface area contributed by atoms with Gasteiger partial charge in [-0.05, 0) is 50.2 Å². The van der Waals surface area contributed by atoms with Gasteiger partial charge in [-0.25, -0.2) is 9.07 Å². The first kappa shape index (κ1) is 17.1. The average Bonchev–Trinajstić information content (AvgIpc) is 3.20. The molecule has 0 unspecified atom stereocenters. The molecule has 0 atom stereocenters. The molecule has 0 amide bonds. The summed E-state index contributed by atoms with van der Waals surface area (Å²) in [5.41, 5.74) is 2.44. The van der Waals surface area contributed by atoms with Crippen LogP contribution >= 0.6 is 11.3 Å². The fourth-order valence-corrected chi connectivity index (χ4v) is 3.14. The summed E-state index contributed by atoms with van der Waals surface area (Å²) in [5.74, 6) is 1.26. The van der Waals surface area contributed by atoms with E-state index in [0.717, 1.165) is 27.5 Å².